The van der Waals surface area contributed by atoms with Gasteiger partial charge in [0, 0.05) is 25.0 Å². The van der Waals surface area contributed by atoms with Gasteiger partial charge >= 0.3 is 12.0 Å². The van der Waals surface area contributed by atoms with E-state index >= 15 is 0 Å². The van der Waals surface area contributed by atoms with Crippen LogP contribution in [0.5, 0.6) is 0 Å². The molecule has 1 fully saturated rings. The largest absolute Gasteiger partial charge is 0.481 e. The van der Waals surface area contributed by atoms with Gasteiger partial charge in [0.1, 0.15) is 0 Å². The van der Waals surface area contributed by atoms with Crippen LogP contribution < -0.4 is 5.32 Å². The lowest BCUT2D eigenvalue weighted by molar-refractivity contribution is -0.137. The van der Waals surface area contributed by atoms with E-state index in [4.69, 9.17) is 5.11 Å². The normalized spacial score (nSPS) is 16.0. The number of carboxylic acid groups (broad SMARTS) is 1. The Kier molecular flexibility index (Phi) is 6.82. The molecule has 1 aliphatic carbocycles. The van der Waals surface area contributed by atoms with Gasteiger partial charge in [-0.3, -0.25) is 4.79 Å². The number of carbonyl (C=O) groups is 2. The Balaban J connectivity index is 2.31. The van der Waals surface area contributed by atoms with Gasteiger partial charge in [-0.05, 0) is 44.9 Å². The second-order valence-corrected chi connectivity index (χ2v) is 6.24. The number of hydrogen-bond acceptors (Lipinski definition) is 2. The summed E-state index contributed by atoms with van der Waals surface area (Å²) in [5, 5.41) is 11.6. The molecule has 0 aromatic rings. The summed E-state index contributed by atoms with van der Waals surface area (Å²) >= 11 is 0. The van der Waals surface area contributed by atoms with Gasteiger partial charge in [-0.2, -0.15) is 0 Å². The molecule has 0 saturated heterocycles. The molecular weight excluding hydrogens is 256 g/mol. The van der Waals surface area contributed by atoms with E-state index < -0.39 is 5.97 Å². The molecule has 0 bridgehead atoms. The Morgan fingerprint density at radius 2 is 1.90 bits per heavy atom. The van der Waals surface area contributed by atoms with Crippen LogP contribution >= 0.6 is 0 Å². The zero-order valence-electron chi connectivity index (χ0n) is 12.9. The van der Waals surface area contributed by atoms with Gasteiger partial charge in [-0.1, -0.05) is 13.8 Å². The molecule has 20 heavy (non-hydrogen) atoms. The number of amides is 2. The lowest BCUT2D eigenvalue weighted by Gasteiger charge is -2.26. The van der Waals surface area contributed by atoms with Crippen molar-refractivity contribution in [2.24, 2.45) is 5.92 Å². The summed E-state index contributed by atoms with van der Waals surface area (Å²) in [7, 11) is 0. The van der Waals surface area contributed by atoms with Crippen LogP contribution in [0, 0.1) is 5.92 Å². The third-order valence-electron chi connectivity index (χ3n) is 3.59. The van der Waals surface area contributed by atoms with Crippen molar-refractivity contribution in [2.45, 2.75) is 71.4 Å². The first-order valence-electron chi connectivity index (χ1n) is 7.69. The van der Waals surface area contributed by atoms with E-state index in [-0.39, 0.29) is 18.5 Å². The molecule has 1 atom stereocenters. The van der Waals surface area contributed by atoms with E-state index in [9.17, 15) is 9.59 Å². The molecular formula is C15H28N2O3. The number of urea groups is 1. The van der Waals surface area contributed by atoms with Crippen LogP contribution in [0.3, 0.4) is 0 Å². The third-order valence-corrected chi connectivity index (χ3v) is 3.59. The maximum absolute atomic E-state index is 12.2. The van der Waals surface area contributed by atoms with E-state index in [1.807, 2.05) is 11.8 Å². The highest BCUT2D eigenvalue weighted by Gasteiger charge is 2.32. The molecule has 116 valence electrons. The Bertz CT molecular complexity index is 327. The molecule has 0 aromatic carbocycles. The maximum Gasteiger partial charge on any atom is 0.317 e. The quantitative estimate of drug-likeness (QED) is 0.684. The molecule has 0 radical (unpaired) electrons. The van der Waals surface area contributed by atoms with E-state index in [1.165, 1.54) is 0 Å². The molecule has 5 nitrogen and oxygen atoms in total. The third kappa shape index (κ3) is 6.78. The van der Waals surface area contributed by atoms with E-state index in [0.29, 0.717) is 24.8 Å². The molecule has 2 amide bonds. The molecule has 5 heteroatoms. The molecule has 2 N–H and O–H groups in total. The molecule has 0 spiro atoms. The van der Waals surface area contributed by atoms with Gasteiger partial charge in [0.05, 0.1) is 0 Å². The minimum absolute atomic E-state index is 0.0102. The van der Waals surface area contributed by atoms with Crippen LogP contribution in [0.2, 0.25) is 0 Å². The molecule has 0 heterocycles. The Morgan fingerprint density at radius 1 is 1.25 bits per heavy atom. The first-order chi connectivity index (χ1) is 9.40. The zero-order chi connectivity index (χ0) is 15.1. The fourth-order valence-corrected chi connectivity index (χ4v) is 2.16. The summed E-state index contributed by atoms with van der Waals surface area (Å²) in [6.07, 6.45) is 4.72. The summed E-state index contributed by atoms with van der Waals surface area (Å²) in [5.41, 5.74) is 0. The summed E-state index contributed by atoms with van der Waals surface area (Å²) in [4.78, 5) is 24.7. The first kappa shape index (κ1) is 16.8. The predicted octanol–water partition coefficient (Wildman–Crippen LogP) is 2.85. The standard InChI is InChI=1S/C15H28N2O3/c1-11(2)9-10-17(13-7-8-13)15(20)16-12(3)5-4-6-14(18)19/h11-13H,4-10H2,1-3H3,(H,16,20)(H,18,19). The summed E-state index contributed by atoms with van der Waals surface area (Å²) in [6, 6.07) is 0.457. The topological polar surface area (TPSA) is 69.6 Å². The lowest BCUT2D eigenvalue weighted by atomic mass is 10.1. The number of carboxylic acids is 1. The van der Waals surface area contributed by atoms with Gasteiger partial charge in [0.15, 0.2) is 0 Å². The monoisotopic (exact) mass is 284 g/mol. The SMILES string of the molecule is CC(C)CCN(C(=O)NC(C)CCCC(=O)O)C1CC1. The van der Waals surface area contributed by atoms with Crippen molar-refractivity contribution < 1.29 is 14.7 Å². The minimum atomic E-state index is -0.778. The van der Waals surface area contributed by atoms with Crippen molar-refractivity contribution >= 4 is 12.0 Å². The van der Waals surface area contributed by atoms with Crippen molar-refractivity contribution in [3.05, 3.63) is 0 Å². The Hall–Kier alpha value is -1.26. The number of rotatable bonds is 9. The van der Waals surface area contributed by atoms with E-state index in [2.05, 4.69) is 19.2 Å². The minimum Gasteiger partial charge on any atom is -0.481 e. The second kappa shape index (κ2) is 8.12. The van der Waals surface area contributed by atoms with Crippen LogP contribution in [0.4, 0.5) is 4.79 Å². The maximum atomic E-state index is 12.2. The molecule has 0 aromatic heterocycles. The van der Waals surface area contributed by atoms with Crippen molar-refractivity contribution in [3.8, 4) is 0 Å². The van der Waals surface area contributed by atoms with Gasteiger partial charge in [-0.25, -0.2) is 4.79 Å². The predicted molar refractivity (Wildman–Crippen MR) is 78.7 cm³/mol. The van der Waals surface area contributed by atoms with E-state index in [1.54, 1.807) is 0 Å². The zero-order valence-corrected chi connectivity index (χ0v) is 12.9. The van der Waals surface area contributed by atoms with E-state index in [0.717, 1.165) is 25.8 Å². The van der Waals surface area contributed by atoms with Crippen LogP contribution in [-0.4, -0.2) is 40.6 Å². The number of aliphatic carboxylic acids is 1. The highest BCUT2D eigenvalue weighted by molar-refractivity contribution is 5.75. The fraction of sp³-hybridized carbons (Fsp3) is 0.867. The van der Waals surface area contributed by atoms with Crippen LogP contribution in [0.25, 0.3) is 0 Å². The van der Waals surface area contributed by atoms with Crippen molar-refractivity contribution in [1.82, 2.24) is 10.2 Å². The van der Waals surface area contributed by atoms with Crippen LogP contribution in [0.15, 0.2) is 0 Å². The first-order valence-corrected chi connectivity index (χ1v) is 7.69. The summed E-state index contributed by atoms with van der Waals surface area (Å²) < 4.78 is 0. The molecule has 1 rings (SSSR count). The van der Waals surface area contributed by atoms with Crippen molar-refractivity contribution in [2.75, 3.05) is 6.54 Å². The Morgan fingerprint density at radius 3 is 2.40 bits per heavy atom. The van der Waals surface area contributed by atoms with Gasteiger partial charge in [-0.15, -0.1) is 0 Å². The number of nitrogens with zero attached hydrogens (tertiary/aromatic N) is 1. The van der Waals surface area contributed by atoms with Crippen LogP contribution in [0.1, 0.15) is 59.3 Å². The number of carbonyl (C=O) groups excluding carboxylic acids is 1. The van der Waals surface area contributed by atoms with Crippen LogP contribution in [-0.2, 0) is 4.79 Å². The smallest absolute Gasteiger partial charge is 0.317 e. The molecule has 1 saturated carbocycles. The van der Waals surface area contributed by atoms with Gasteiger partial charge in [0.25, 0.3) is 0 Å². The average molecular weight is 284 g/mol. The fourth-order valence-electron chi connectivity index (χ4n) is 2.16. The Labute approximate surface area is 121 Å². The molecule has 1 aliphatic rings. The average Bonchev–Trinajstić information content (AvgIpc) is 3.12. The highest BCUT2D eigenvalue weighted by atomic mass is 16.4. The highest BCUT2D eigenvalue weighted by Crippen LogP contribution is 2.27. The molecule has 0 aliphatic heterocycles. The molecule has 1 unspecified atom stereocenters. The second-order valence-electron chi connectivity index (χ2n) is 6.24. The van der Waals surface area contributed by atoms with Crippen molar-refractivity contribution in [1.29, 1.82) is 0 Å². The summed E-state index contributed by atoms with van der Waals surface area (Å²) in [5.74, 6) is -0.183. The lowest BCUT2D eigenvalue weighted by Crippen LogP contribution is -2.45. The summed E-state index contributed by atoms with van der Waals surface area (Å²) in [6.45, 7) is 7.08. The number of nitrogens with one attached hydrogen (secondary N) is 1. The van der Waals surface area contributed by atoms with Gasteiger partial charge < -0.3 is 15.3 Å². The number of hydrogen-bond donors (Lipinski definition) is 2. The van der Waals surface area contributed by atoms with Crippen molar-refractivity contribution in [3.63, 3.8) is 0 Å². The van der Waals surface area contributed by atoms with Gasteiger partial charge in [0.2, 0.25) is 0 Å².